The van der Waals surface area contributed by atoms with Gasteiger partial charge in [0, 0.05) is 42.9 Å². The molecule has 0 radical (unpaired) electrons. The van der Waals surface area contributed by atoms with Crippen LogP contribution in [-0.4, -0.2) is 30.6 Å². The van der Waals surface area contributed by atoms with Crippen molar-refractivity contribution in [2.75, 3.05) is 24.5 Å². The zero-order valence-electron chi connectivity index (χ0n) is 15.5. The summed E-state index contributed by atoms with van der Waals surface area (Å²) in [5, 5.41) is 0.793. The van der Waals surface area contributed by atoms with Crippen LogP contribution in [0, 0.1) is 0 Å². The van der Waals surface area contributed by atoms with Crippen LogP contribution in [0.3, 0.4) is 0 Å². The first kappa shape index (κ1) is 18.1. The van der Waals surface area contributed by atoms with Crippen LogP contribution in [0.5, 0.6) is 0 Å². The molecule has 3 aromatic rings. The van der Waals surface area contributed by atoms with E-state index in [1.54, 1.807) is 0 Å². The molecule has 0 spiro atoms. The van der Waals surface area contributed by atoms with Gasteiger partial charge in [-0.3, -0.25) is 4.90 Å². The van der Waals surface area contributed by atoms with E-state index >= 15 is 0 Å². The standard InChI is InChI=1S/C24H25ClN2/c25-22-11-13-23(14-12-22)27-16-15-26(18-21-9-5-2-6-10-21)19-24(27)17-20-7-3-1-4-8-20/h1-14,24H,15-19H2. The normalized spacial score (nSPS) is 17.8. The molecule has 0 N–H and O–H groups in total. The fourth-order valence-corrected chi connectivity index (χ4v) is 4.06. The van der Waals surface area contributed by atoms with E-state index in [1.807, 2.05) is 12.1 Å². The summed E-state index contributed by atoms with van der Waals surface area (Å²) < 4.78 is 0. The Labute approximate surface area is 167 Å². The average Bonchev–Trinajstić information content (AvgIpc) is 2.71. The Hall–Kier alpha value is -2.29. The Morgan fingerprint density at radius 1 is 0.741 bits per heavy atom. The van der Waals surface area contributed by atoms with E-state index in [4.69, 9.17) is 11.6 Å². The molecule has 1 fully saturated rings. The highest BCUT2D eigenvalue weighted by atomic mass is 35.5. The summed E-state index contributed by atoms with van der Waals surface area (Å²) in [6, 6.07) is 30.3. The third-order valence-corrected chi connectivity index (χ3v) is 5.54. The first-order chi connectivity index (χ1) is 13.3. The number of rotatable bonds is 5. The van der Waals surface area contributed by atoms with Crippen molar-refractivity contribution in [2.24, 2.45) is 0 Å². The lowest BCUT2D eigenvalue weighted by Gasteiger charge is -2.43. The van der Waals surface area contributed by atoms with E-state index in [0.717, 1.165) is 37.6 Å². The second-order valence-electron chi connectivity index (χ2n) is 7.23. The number of benzene rings is 3. The van der Waals surface area contributed by atoms with E-state index in [-0.39, 0.29) is 0 Å². The number of nitrogens with zero attached hydrogens (tertiary/aromatic N) is 2. The molecule has 1 aliphatic rings. The van der Waals surface area contributed by atoms with Crippen molar-refractivity contribution >= 4 is 17.3 Å². The van der Waals surface area contributed by atoms with Gasteiger partial charge in [0.15, 0.2) is 0 Å². The molecule has 0 bridgehead atoms. The second kappa shape index (κ2) is 8.60. The zero-order chi connectivity index (χ0) is 18.5. The van der Waals surface area contributed by atoms with Gasteiger partial charge in [0.05, 0.1) is 0 Å². The van der Waals surface area contributed by atoms with Gasteiger partial charge in [0.1, 0.15) is 0 Å². The van der Waals surface area contributed by atoms with Crippen LogP contribution in [-0.2, 0) is 13.0 Å². The average molecular weight is 377 g/mol. The number of hydrogen-bond donors (Lipinski definition) is 0. The summed E-state index contributed by atoms with van der Waals surface area (Å²) in [6.07, 6.45) is 1.05. The highest BCUT2D eigenvalue weighted by Crippen LogP contribution is 2.25. The fourth-order valence-electron chi connectivity index (χ4n) is 3.94. The summed E-state index contributed by atoms with van der Waals surface area (Å²) in [5.74, 6) is 0. The molecule has 138 valence electrons. The van der Waals surface area contributed by atoms with Crippen molar-refractivity contribution in [1.29, 1.82) is 0 Å². The molecule has 0 aromatic heterocycles. The van der Waals surface area contributed by atoms with Crippen molar-refractivity contribution in [3.05, 3.63) is 101 Å². The monoisotopic (exact) mass is 376 g/mol. The minimum atomic E-state index is 0.450. The first-order valence-electron chi connectivity index (χ1n) is 9.60. The van der Waals surface area contributed by atoms with Gasteiger partial charge in [-0.25, -0.2) is 0 Å². The second-order valence-corrected chi connectivity index (χ2v) is 7.67. The van der Waals surface area contributed by atoms with Gasteiger partial charge in [-0.05, 0) is 41.8 Å². The molecule has 0 amide bonds. The topological polar surface area (TPSA) is 6.48 Å². The van der Waals surface area contributed by atoms with E-state index in [0.29, 0.717) is 6.04 Å². The maximum atomic E-state index is 6.10. The van der Waals surface area contributed by atoms with Crippen LogP contribution >= 0.6 is 11.6 Å². The van der Waals surface area contributed by atoms with Crippen LogP contribution in [0.25, 0.3) is 0 Å². The molecule has 3 aromatic carbocycles. The summed E-state index contributed by atoms with van der Waals surface area (Å²) >= 11 is 6.10. The largest absolute Gasteiger partial charge is 0.366 e. The summed E-state index contributed by atoms with van der Waals surface area (Å²) in [5.41, 5.74) is 4.04. The molecule has 4 rings (SSSR count). The van der Waals surface area contributed by atoms with Crippen molar-refractivity contribution < 1.29 is 0 Å². The number of halogens is 1. The Bertz CT molecular complexity index is 833. The predicted octanol–water partition coefficient (Wildman–Crippen LogP) is 5.27. The van der Waals surface area contributed by atoms with Gasteiger partial charge in [-0.1, -0.05) is 72.3 Å². The molecule has 3 heteroatoms. The molecular weight excluding hydrogens is 352 g/mol. The molecule has 2 nitrogen and oxygen atoms in total. The zero-order valence-corrected chi connectivity index (χ0v) is 16.2. The molecule has 1 unspecified atom stereocenters. The van der Waals surface area contributed by atoms with Crippen molar-refractivity contribution in [2.45, 2.75) is 19.0 Å². The lowest BCUT2D eigenvalue weighted by atomic mass is 10.0. The Kier molecular flexibility index (Phi) is 5.76. The summed E-state index contributed by atoms with van der Waals surface area (Å²) in [4.78, 5) is 5.13. The minimum Gasteiger partial charge on any atom is -0.366 e. The first-order valence-corrected chi connectivity index (χ1v) is 9.98. The lowest BCUT2D eigenvalue weighted by molar-refractivity contribution is 0.214. The molecule has 1 atom stereocenters. The SMILES string of the molecule is Clc1ccc(N2CCN(Cc3ccccc3)CC2Cc2ccccc2)cc1. The van der Waals surface area contributed by atoms with E-state index < -0.39 is 0 Å². The van der Waals surface area contributed by atoms with Crippen LogP contribution in [0.1, 0.15) is 11.1 Å². The smallest absolute Gasteiger partial charge is 0.0458 e. The molecule has 1 saturated heterocycles. The Balaban J connectivity index is 1.53. The van der Waals surface area contributed by atoms with Gasteiger partial charge in [-0.15, -0.1) is 0 Å². The molecule has 0 saturated carbocycles. The maximum absolute atomic E-state index is 6.10. The van der Waals surface area contributed by atoms with Gasteiger partial charge >= 0.3 is 0 Å². The van der Waals surface area contributed by atoms with Crippen molar-refractivity contribution in [3.63, 3.8) is 0 Å². The molecule has 1 aliphatic heterocycles. The summed E-state index contributed by atoms with van der Waals surface area (Å²) in [7, 11) is 0. The molecule has 0 aliphatic carbocycles. The van der Waals surface area contributed by atoms with Crippen LogP contribution in [0.4, 0.5) is 5.69 Å². The number of hydrogen-bond acceptors (Lipinski definition) is 2. The Morgan fingerprint density at radius 2 is 1.37 bits per heavy atom. The van der Waals surface area contributed by atoms with Gasteiger partial charge < -0.3 is 4.90 Å². The highest BCUT2D eigenvalue weighted by molar-refractivity contribution is 6.30. The highest BCUT2D eigenvalue weighted by Gasteiger charge is 2.27. The Morgan fingerprint density at radius 3 is 2.04 bits per heavy atom. The van der Waals surface area contributed by atoms with E-state index in [9.17, 15) is 0 Å². The quantitative estimate of drug-likeness (QED) is 0.598. The lowest BCUT2D eigenvalue weighted by Crippen LogP contribution is -2.53. The maximum Gasteiger partial charge on any atom is 0.0458 e. The summed E-state index contributed by atoms with van der Waals surface area (Å²) in [6.45, 7) is 4.18. The van der Waals surface area contributed by atoms with Gasteiger partial charge in [-0.2, -0.15) is 0 Å². The van der Waals surface area contributed by atoms with Gasteiger partial charge in [0.2, 0.25) is 0 Å². The molecule has 1 heterocycles. The third kappa shape index (κ3) is 4.71. The van der Waals surface area contributed by atoms with Crippen molar-refractivity contribution in [1.82, 2.24) is 4.90 Å². The van der Waals surface area contributed by atoms with Crippen LogP contribution in [0.15, 0.2) is 84.9 Å². The number of anilines is 1. The van der Waals surface area contributed by atoms with Crippen LogP contribution in [0.2, 0.25) is 5.02 Å². The van der Waals surface area contributed by atoms with Crippen LogP contribution < -0.4 is 4.90 Å². The minimum absolute atomic E-state index is 0.450. The predicted molar refractivity (Wildman–Crippen MR) is 114 cm³/mol. The molecular formula is C24H25ClN2. The number of piperazine rings is 1. The third-order valence-electron chi connectivity index (χ3n) is 5.29. The van der Waals surface area contributed by atoms with Crippen molar-refractivity contribution in [3.8, 4) is 0 Å². The van der Waals surface area contributed by atoms with E-state index in [2.05, 4.69) is 82.6 Å². The fraction of sp³-hybridized carbons (Fsp3) is 0.250. The molecule has 27 heavy (non-hydrogen) atoms. The van der Waals surface area contributed by atoms with E-state index in [1.165, 1.54) is 16.8 Å². The van der Waals surface area contributed by atoms with Gasteiger partial charge in [0.25, 0.3) is 0 Å².